The molecule has 114 valence electrons. The Labute approximate surface area is 135 Å². The maximum Gasteiger partial charge on any atom is 0.241 e. The number of ether oxygens (including phenoxy) is 1. The Morgan fingerprint density at radius 3 is 2.68 bits per heavy atom. The SMILES string of the molecule is C[C@@]12C=C[C@@](CO)(O1)[C@H]1C(=O)N(c3cccc(Br)c3)C(=O)[C@@H]12. The van der Waals surface area contributed by atoms with Crippen LogP contribution >= 0.6 is 15.9 Å². The Morgan fingerprint density at radius 2 is 2.00 bits per heavy atom. The van der Waals surface area contributed by atoms with Crippen LogP contribution in [0.3, 0.4) is 0 Å². The molecule has 1 aromatic rings. The molecule has 0 radical (unpaired) electrons. The molecule has 3 heterocycles. The smallest absolute Gasteiger partial charge is 0.241 e. The predicted octanol–water partition coefficient (Wildman–Crippen LogP) is 1.64. The van der Waals surface area contributed by atoms with Crippen molar-refractivity contribution in [1.29, 1.82) is 0 Å². The lowest BCUT2D eigenvalue weighted by atomic mass is 9.73. The molecule has 4 atom stereocenters. The summed E-state index contributed by atoms with van der Waals surface area (Å²) in [4.78, 5) is 26.9. The maximum atomic E-state index is 12.9. The van der Waals surface area contributed by atoms with Crippen molar-refractivity contribution in [3.63, 3.8) is 0 Å². The van der Waals surface area contributed by atoms with E-state index in [0.29, 0.717) is 5.69 Å². The number of hydrogen-bond acceptors (Lipinski definition) is 4. The second kappa shape index (κ2) is 4.28. The molecule has 3 aliphatic rings. The molecule has 0 spiro atoms. The van der Waals surface area contributed by atoms with Crippen molar-refractivity contribution >= 4 is 33.4 Å². The van der Waals surface area contributed by atoms with Crippen LogP contribution in [-0.4, -0.2) is 34.7 Å². The number of amides is 2. The lowest BCUT2D eigenvalue weighted by Gasteiger charge is -2.27. The highest BCUT2D eigenvalue weighted by molar-refractivity contribution is 9.10. The summed E-state index contributed by atoms with van der Waals surface area (Å²) in [6.07, 6.45) is 3.52. The second-order valence-corrected chi connectivity index (χ2v) is 7.10. The van der Waals surface area contributed by atoms with E-state index in [1.165, 1.54) is 4.90 Å². The Balaban J connectivity index is 1.82. The fraction of sp³-hybridized carbons (Fsp3) is 0.375. The van der Waals surface area contributed by atoms with Gasteiger partial charge in [-0.3, -0.25) is 9.59 Å². The van der Waals surface area contributed by atoms with E-state index in [-0.39, 0.29) is 18.4 Å². The van der Waals surface area contributed by atoms with Gasteiger partial charge in [-0.05, 0) is 25.1 Å². The van der Waals surface area contributed by atoms with Crippen LogP contribution in [0.5, 0.6) is 0 Å². The number of benzene rings is 1. The molecule has 1 N–H and O–H groups in total. The minimum atomic E-state index is -1.08. The molecule has 1 aromatic carbocycles. The highest BCUT2D eigenvalue weighted by atomic mass is 79.9. The van der Waals surface area contributed by atoms with Gasteiger partial charge in [0.25, 0.3) is 0 Å². The minimum Gasteiger partial charge on any atom is -0.393 e. The molecule has 4 rings (SSSR count). The lowest BCUT2D eigenvalue weighted by Crippen LogP contribution is -2.43. The highest BCUT2D eigenvalue weighted by Crippen LogP contribution is 2.57. The Kier molecular flexibility index (Phi) is 2.74. The normalized spacial score (nSPS) is 39.0. The number of rotatable bonds is 2. The van der Waals surface area contributed by atoms with E-state index in [1.54, 1.807) is 37.3 Å². The van der Waals surface area contributed by atoms with Gasteiger partial charge < -0.3 is 9.84 Å². The number of halogens is 1. The molecule has 6 heteroatoms. The first-order chi connectivity index (χ1) is 10.4. The van der Waals surface area contributed by atoms with Gasteiger partial charge in [0.2, 0.25) is 11.8 Å². The van der Waals surface area contributed by atoms with Crippen LogP contribution in [0.4, 0.5) is 5.69 Å². The summed E-state index contributed by atoms with van der Waals surface area (Å²) in [6.45, 7) is 1.48. The van der Waals surface area contributed by atoms with Gasteiger partial charge in [0, 0.05) is 4.47 Å². The zero-order valence-corrected chi connectivity index (χ0v) is 13.4. The molecule has 0 aliphatic carbocycles. The number of aliphatic hydroxyl groups is 1. The molecule has 3 aliphatic heterocycles. The molecule has 0 aromatic heterocycles. The van der Waals surface area contributed by atoms with E-state index in [9.17, 15) is 14.7 Å². The van der Waals surface area contributed by atoms with Crippen molar-refractivity contribution in [2.45, 2.75) is 18.1 Å². The van der Waals surface area contributed by atoms with Gasteiger partial charge >= 0.3 is 0 Å². The molecular formula is C16H14BrNO4. The van der Waals surface area contributed by atoms with Crippen LogP contribution in [0.2, 0.25) is 0 Å². The molecular weight excluding hydrogens is 350 g/mol. The summed E-state index contributed by atoms with van der Waals surface area (Å²) < 4.78 is 6.67. The molecule has 2 bridgehead atoms. The fourth-order valence-corrected chi connectivity index (χ4v) is 4.30. The van der Waals surface area contributed by atoms with Gasteiger partial charge in [-0.1, -0.05) is 34.1 Å². The average molecular weight is 364 g/mol. The summed E-state index contributed by atoms with van der Waals surface area (Å²) >= 11 is 3.35. The first-order valence-electron chi connectivity index (χ1n) is 7.07. The number of carbonyl (C=O) groups is 2. The molecule has 0 unspecified atom stereocenters. The Bertz CT molecular complexity index is 733. The highest BCUT2D eigenvalue weighted by Gasteiger charge is 2.72. The maximum absolute atomic E-state index is 12.9. The monoisotopic (exact) mass is 363 g/mol. The zero-order chi connectivity index (χ0) is 15.7. The third-order valence-corrected chi connectivity index (χ3v) is 5.36. The summed E-state index contributed by atoms with van der Waals surface area (Å²) in [5, 5.41) is 9.74. The van der Waals surface area contributed by atoms with Crippen molar-refractivity contribution in [1.82, 2.24) is 0 Å². The van der Waals surface area contributed by atoms with E-state index < -0.39 is 23.0 Å². The van der Waals surface area contributed by atoms with Gasteiger partial charge in [0.1, 0.15) is 5.60 Å². The molecule has 22 heavy (non-hydrogen) atoms. The van der Waals surface area contributed by atoms with Crippen LogP contribution in [-0.2, 0) is 14.3 Å². The van der Waals surface area contributed by atoms with E-state index in [2.05, 4.69) is 15.9 Å². The van der Waals surface area contributed by atoms with Crippen LogP contribution in [0.25, 0.3) is 0 Å². The predicted molar refractivity (Wildman–Crippen MR) is 82.1 cm³/mol. The van der Waals surface area contributed by atoms with Gasteiger partial charge in [-0.2, -0.15) is 0 Å². The summed E-state index contributed by atoms with van der Waals surface area (Å²) in [5.41, 5.74) is -1.37. The van der Waals surface area contributed by atoms with Gasteiger partial charge in [0.05, 0.1) is 29.7 Å². The van der Waals surface area contributed by atoms with E-state index in [4.69, 9.17) is 4.74 Å². The number of carbonyl (C=O) groups excluding carboxylic acids is 2. The number of fused-ring (bicyclic) bond motifs is 5. The van der Waals surface area contributed by atoms with E-state index in [1.807, 2.05) is 6.07 Å². The van der Waals surface area contributed by atoms with Crippen LogP contribution in [0.15, 0.2) is 40.9 Å². The quantitative estimate of drug-likeness (QED) is 0.640. The van der Waals surface area contributed by atoms with Crippen LogP contribution in [0.1, 0.15) is 6.92 Å². The first-order valence-corrected chi connectivity index (χ1v) is 7.86. The fourth-order valence-electron chi connectivity index (χ4n) is 3.91. The van der Waals surface area contributed by atoms with Crippen molar-refractivity contribution in [3.05, 3.63) is 40.9 Å². The van der Waals surface area contributed by atoms with Crippen molar-refractivity contribution < 1.29 is 19.4 Å². The third kappa shape index (κ3) is 1.55. The van der Waals surface area contributed by atoms with Crippen LogP contribution < -0.4 is 4.90 Å². The number of imide groups is 1. The standard InChI is InChI=1S/C16H14BrNO4/c1-15-5-6-16(8-19,22-15)12-11(15)13(20)18(14(12)21)10-4-2-3-9(17)7-10/h2-7,11-12,19H,8H2,1H3/t11-,12-,15+,16+/m1/s1. The summed E-state index contributed by atoms with van der Waals surface area (Å²) in [6, 6.07) is 7.08. The zero-order valence-electron chi connectivity index (χ0n) is 11.8. The van der Waals surface area contributed by atoms with Gasteiger partial charge in [0.15, 0.2) is 0 Å². The van der Waals surface area contributed by atoms with E-state index in [0.717, 1.165) is 4.47 Å². The number of nitrogens with zero attached hydrogens (tertiary/aromatic N) is 1. The number of aliphatic hydroxyl groups excluding tert-OH is 1. The number of hydrogen-bond donors (Lipinski definition) is 1. The summed E-state index contributed by atoms with van der Waals surface area (Å²) in [5.74, 6) is -1.83. The molecule has 5 nitrogen and oxygen atoms in total. The largest absolute Gasteiger partial charge is 0.393 e. The lowest BCUT2D eigenvalue weighted by molar-refractivity contribution is -0.131. The summed E-state index contributed by atoms with van der Waals surface area (Å²) in [7, 11) is 0. The minimum absolute atomic E-state index is 0.268. The van der Waals surface area contributed by atoms with Crippen molar-refractivity contribution in [2.75, 3.05) is 11.5 Å². The van der Waals surface area contributed by atoms with Crippen molar-refractivity contribution in [2.24, 2.45) is 11.8 Å². The van der Waals surface area contributed by atoms with Crippen LogP contribution in [0, 0.1) is 11.8 Å². The number of anilines is 1. The Morgan fingerprint density at radius 1 is 1.27 bits per heavy atom. The second-order valence-electron chi connectivity index (χ2n) is 6.18. The van der Waals surface area contributed by atoms with Crippen molar-refractivity contribution in [3.8, 4) is 0 Å². The molecule has 2 fully saturated rings. The molecule has 2 saturated heterocycles. The van der Waals surface area contributed by atoms with Gasteiger partial charge in [-0.15, -0.1) is 0 Å². The van der Waals surface area contributed by atoms with Gasteiger partial charge in [-0.25, -0.2) is 4.90 Å². The Hall–Kier alpha value is -1.50. The first kappa shape index (κ1) is 14.1. The topological polar surface area (TPSA) is 66.8 Å². The average Bonchev–Trinajstić information content (AvgIpc) is 3.05. The van der Waals surface area contributed by atoms with E-state index >= 15 is 0 Å². The molecule has 2 amide bonds. The molecule has 0 saturated carbocycles. The third-order valence-electron chi connectivity index (χ3n) is 4.87.